The normalized spacial score (nSPS) is 11.4. The van der Waals surface area contributed by atoms with Gasteiger partial charge in [-0.05, 0) is 51.5 Å². The standard InChI is InChI=1S/C22H25NO5/c1-15-9-11-20(12-10-15)27-13-5-8-21(25)28-17(3)22(26)23-19-7-4-6-18(14-19)16(2)24/h4,6-7,9-12,14,17H,5,8,13H2,1-3H3,(H,23,26)/t17-/m0/s1. The summed E-state index contributed by atoms with van der Waals surface area (Å²) in [6.07, 6.45) is -0.295. The molecule has 0 unspecified atom stereocenters. The lowest BCUT2D eigenvalue weighted by Gasteiger charge is -2.14. The minimum Gasteiger partial charge on any atom is -0.494 e. The third-order valence-corrected chi connectivity index (χ3v) is 4.03. The van der Waals surface area contributed by atoms with Crippen molar-refractivity contribution in [1.29, 1.82) is 0 Å². The molecule has 28 heavy (non-hydrogen) atoms. The number of amides is 1. The summed E-state index contributed by atoms with van der Waals surface area (Å²) in [6, 6.07) is 14.3. The third-order valence-electron chi connectivity index (χ3n) is 4.03. The molecule has 0 fully saturated rings. The summed E-state index contributed by atoms with van der Waals surface area (Å²) < 4.78 is 10.7. The molecular formula is C22H25NO5. The molecule has 1 N–H and O–H groups in total. The lowest BCUT2D eigenvalue weighted by atomic mass is 10.1. The number of ether oxygens (including phenoxy) is 2. The van der Waals surface area contributed by atoms with E-state index in [0.29, 0.717) is 24.3 Å². The zero-order chi connectivity index (χ0) is 20.5. The van der Waals surface area contributed by atoms with Gasteiger partial charge >= 0.3 is 5.97 Å². The lowest BCUT2D eigenvalue weighted by Crippen LogP contribution is -2.30. The number of hydrogen-bond donors (Lipinski definition) is 1. The van der Waals surface area contributed by atoms with Crippen molar-refractivity contribution in [2.75, 3.05) is 11.9 Å². The van der Waals surface area contributed by atoms with Gasteiger partial charge in [-0.1, -0.05) is 29.8 Å². The number of benzene rings is 2. The van der Waals surface area contributed by atoms with Crippen molar-refractivity contribution in [3.05, 3.63) is 59.7 Å². The molecule has 0 radical (unpaired) electrons. The molecule has 0 aliphatic heterocycles. The molecule has 0 saturated heterocycles. The number of nitrogens with one attached hydrogen (secondary N) is 1. The van der Waals surface area contributed by atoms with Crippen molar-refractivity contribution < 1.29 is 23.9 Å². The number of ketones is 1. The van der Waals surface area contributed by atoms with Crippen LogP contribution in [0.25, 0.3) is 0 Å². The van der Waals surface area contributed by atoms with Crippen LogP contribution in [-0.2, 0) is 14.3 Å². The Balaban J connectivity index is 1.72. The van der Waals surface area contributed by atoms with Gasteiger partial charge in [0.15, 0.2) is 11.9 Å². The van der Waals surface area contributed by atoms with Crippen LogP contribution >= 0.6 is 0 Å². The summed E-state index contributed by atoms with van der Waals surface area (Å²) >= 11 is 0. The number of carbonyl (C=O) groups excluding carboxylic acids is 3. The Morgan fingerprint density at radius 1 is 1.07 bits per heavy atom. The number of anilines is 1. The van der Waals surface area contributed by atoms with Crippen LogP contribution in [0.15, 0.2) is 48.5 Å². The first-order valence-electron chi connectivity index (χ1n) is 9.16. The average Bonchev–Trinajstić information content (AvgIpc) is 2.66. The highest BCUT2D eigenvalue weighted by Gasteiger charge is 2.18. The summed E-state index contributed by atoms with van der Waals surface area (Å²) in [7, 11) is 0. The topological polar surface area (TPSA) is 81.7 Å². The molecule has 2 aromatic carbocycles. The highest BCUT2D eigenvalue weighted by Crippen LogP contribution is 2.13. The molecule has 0 aliphatic carbocycles. The molecule has 0 aliphatic rings. The van der Waals surface area contributed by atoms with Crippen LogP contribution in [0.5, 0.6) is 5.75 Å². The lowest BCUT2D eigenvalue weighted by molar-refractivity contribution is -0.153. The molecule has 0 heterocycles. The van der Waals surface area contributed by atoms with Crippen LogP contribution in [-0.4, -0.2) is 30.4 Å². The van der Waals surface area contributed by atoms with Crippen LogP contribution in [0.3, 0.4) is 0 Å². The number of carbonyl (C=O) groups is 3. The van der Waals surface area contributed by atoms with Crippen LogP contribution in [0, 0.1) is 6.92 Å². The second-order valence-electron chi connectivity index (χ2n) is 6.52. The van der Waals surface area contributed by atoms with E-state index >= 15 is 0 Å². The molecule has 1 atom stereocenters. The first kappa shape index (κ1) is 21.2. The quantitative estimate of drug-likeness (QED) is 0.403. The zero-order valence-electron chi connectivity index (χ0n) is 16.4. The summed E-state index contributed by atoms with van der Waals surface area (Å²) in [6.45, 7) is 5.34. The second-order valence-corrected chi connectivity index (χ2v) is 6.52. The van der Waals surface area contributed by atoms with Gasteiger partial charge in [-0.2, -0.15) is 0 Å². The minimum atomic E-state index is -0.938. The summed E-state index contributed by atoms with van der Waals surface area (Å²) in [4.78, 5) is 35.5. The molecule has 0 saturated carbocycles. The van der Waals surface area contributed by atoms with Gasteiger partial charge in [-0.3, -0.25) is 14.4 Å². The van der Waals surface area contributed by atoms with E-state index in [1.807, 2.05) is 31.2 Å². The maximum atomic E-state index is 12.2. The maximum Gasteiger partial charge on any atom is 0.306 e. The number of hydrogen-bond acceptors (Lipinski definition) is 5. The Kier molecular flexibility index (Phi) is 7.75. The molecule has 2 aromatic rings. The largest absolute Gasteiger partial charge is 0.494 e. The van der Waals surface area contributed by atoms with E-state index in [-0.39, 0.29) is 12.2 Å². The van der Waals surface area contributed by atoms with Gasteiger partial charge in [0.25, 0.3) is 5.91 Å². The number of rotatable bonds is 9. The molecule has 148 valence electrons. The van der Waals surface area contributed by atoms with Gasteiger partial charge < -0.3 is 14.8 Å². The van der Waals surface area contributed by atoms with Crippen molar-refractivity contribution in [3.8, 4) is 5.75 Å². The van der Waals surface area contributed by atoms with E-state index in [2.05, 4.69) is 5.32 Å². The van der Waals surface area contributed by atoms with Crippen molar-refractivity contribution >= 4 is 23.3 Å². The van der Waals surface area contributed by atoms with Crippen LogP contribution in [0.4, 0.5) is 5.69 Å². The second kappa shape index (κ2) is 10.3. The van der Waals surface area contributed by atoms with E-state index in [4.69, 9.17) is 9.47 Å². The van der Waals surface area contributed by atoms with Gasteiger partial charge in [0.05, 0.1) is 6.61 Å². The van der Waals surface area contributed by atoms with Crippen molar-refractivity contribution in [2.45, 2.75) is 39.7 Å². The fraction of sp³-hybridized carbons (Fsp3) is 0.318. The maximum absolute atomic E-state index is 12.2. The number of esters is 1. The van der Waals surface area contributed by atoms with Crippen LogP contribution < -0.4 is 10.1 Å². The highest BCUT2D eigenvalue weighted by molar-refractivity contribution is 5.98. The van der Waals surface area contributed by atoms with Crippen molar-refractivity contribution in [2.24, 2.45) is 0 Å². The first-order chi connectivity index (χ1) is 13.3. The van der Waals surface area contributed by atoms with E-state index in [0.717, 1.165) is 11.3 Å². The van der Waals surface area contributed by atoms with E-state index < -0.39 is 18.0 Å². The Hall–Kier alpha value is -3.15. The molecule has 6 heteroatoms. The van der Waals surface area contributed by atoms with Crippen LogP contribution in [0.2, 0.25) is 0 Å². The fourth-order valence-electron chi connectivity index (χ4n) is 2.41. The van der Waals surface area contributed by atoms with Gasteiger partial charge in [0.2, 0.25) is 0 Å². The van der Waals surface area contributed by atoms with Gasteiger partial charge in [-0.15, -0.1) is 0 Å². The highest BCUT2D eigenvalue weighted by atomic mass is 16.5. The van der Waals surface area contributed by atoms with E-state index in [1.54, 1.807) is 24.3 Å². The molecule has 0 aromatic heterocycles. The third kappa shape index (κ3) is 6.87. The summed E-state index contributed by atoms with van der Waals surface area (Å²) in [5, 5.41) is 2.64. The molecule has 0 bridgehead atoms. The Labute approximate surface area is 164 Å². The SMILES string of the molecule is CC(=O)c1cccc(NC(=O)[C@H](C)OC(=O)CCCOc2ccc(C)cc2)c1. The smallest absolute Gasteiger partial charge is 0.306 e. The number of Topliss-reactive ketones (excluding diaryl/α,β-unsaturated/α-hetero) is 1. The van der Waals surface area contributed by atoms with Crippen molar-refractivity contribution in [3.63, 3.8) is 0 Å². The summed E-state index contributed by atoms with van der Waals surface area (Å²) in [5.74, 6) is -0.263. The monoisotopic (exact) mass is 383 g/mol. The van der Waals surface area contributed by atoms with Gasteiger partial charge in [-0.25, -0.2) is 0 Å². The molecular weight excluding hydrogens is 358 g/mol. The summed E-state index contributed by atoms with van der Waals surface area (Å²) in [5.41, 5.74) is 2.12. The Bertz CT molecular complexity index is 829. The molecule has 1 amide bonds. The first-order valence-corrected chi connectivity index (χ1v) is 9.16. The molecule has 0 spiro atoms. The van der Waals surface area contributed by atoms with Crippen molar-refractivity contribution in [1.82, 2.24) is 0 Å². The van der Waals surface area contributed by atoms with Gasteiger partial charge in [0.1, 0.15) is 5.75 Å². The number of aryl methyl sites for hydroxylation is 1. The Morgan fingerprint density at radius 2 is 1.79 bits per heavy atom. The fourth-order valence-corrected chi connectivity index (χ4v) is 2.41. The van der Waals surface area contributed by atoms with E-state index in [9.17, 15) is 14.4 Å². The predicted molar refractivity (Wildman–Crippen MR) is 107 cm³/mol. The minimum absolute atomic E-state index is 0.0940. The molecule has 2 rings (SSSR count). The molecule has 6 nitrogen and oxygen atoms in total. The average molecular weight is 383 g/mol. The van der Waals surface area contributed by atoms with Crippen LogP contribution in [0.1, 0.15) is 42.6 Å². The van der Waals surface area contributed by atoms with E-state index in [1.165, 1.54) is 13.8 Å². The Morgan fingerprint density at radius 3 is 2.46 bits per heavy atom. The predicted octanol–water partition coefficient (Wildman–Crippen LogP) is 3.93. The zero-order valence-corrected chi connectivity index (χ0v) is 16.4. The van der Waals surface area contributed by atoms with Gasteiger partial charge in [0, 0.05) is 17.7 Å².